The Morgan fingerprint density at radius 3 is 2.79 bits per heavy atom. The molecule has 0 atom stereocenters. The molecule has 1 saturated carbocycles. The molecule has 0 spiro atoms. The normalized spacial score (nSPS) is 16.6. The molecule has 1 aliphatic carbocycles. The molecular formula is C9H13N3O2. The fourth-order valence-corrected chi connectivity index (χ4v) is 1.65. The van der Waals surface area contributed by atoms with Crippen molar-refractivity contribution in [2.75, 3.05) is 0 Å². The van der Waals surface area contributed by atoms with Crippen molar-refractivity contribution < 1.29 is 9.90 Å². The monoisotopic (exact) mass is 195 g/mol. The summed E-state index contributed by atoms with van der Waals surface area (Å²) in [5.74, 6) is -0.334. The van der Waals surface area contributed by atoms with E-state index < -0.39 is 5.97 Å². The second-order valence-corrected chi connectivity index (χ2v) is 3.81. The molecule has 1 aromatic heterocycles. The number of nitrogens with zero attached hydrogens (tertiary/aromatic N) is 3. The zero-order valence-corrected chi connectivity index (χ0v) is 8.10. The minimum Gasteiger partial charge on any atom is -0.476 e. The van der Waals surface area contributed by atoms with Gasteiger partial charge in [0.15, 0.2) is 5.69 Å². The zero-order chi connectivity index (χ0) is 10.1. The molecule has 0 radical (unpaired) electrons. The van der Waals surface area contributed by atoms with Gasteiger partial charge in [0.1, 0.15) is 0 Å². The summed E-state index contributed by atoms with van der Waals surface area (Å²) in [5, 5.41) is 16.3. The summed E-state index contributed by atoms with van der Waals surface area (Å²) in [6.45, 7) is 2.56. The van der Waals surface area contributed by atoms with E-state index in [1.807, 2.05) is 0 Å². The van der Waals surface area contributed by atoms with Gasteiger partial charge in [0.2, 0.25) is 0 Å². The van der Waals surface area contributed by atoms with Crippen LogP contribution in [0.3, 0.4) is 0 Å². The smallest absolute Gasteiger partial charge is 0.358 e. The molecule has 1 aromatic rings. The Morgan fingerprint density at radius 1 is 1.64 bits per heavy atom. The Hall–Kier alpha value is -1.39. The summed E-state index contributed by atoms with van der Waals surface area (Å²) in [6, 6.07) is 0. The van der Waals surface area contributed by atoms with Crippen molar-refractivity contribution in [3.8, 4) is 0 Å². The van der Waals surface area contributed by atoms with E-state index in [0.717, 1.165) is 6.54 Å². The van der Waals surface area contributed by atoms with Crippen molar-refractivity contribution in [1.29, 1.82) is 0 Å². The van der Waals surface area contributed by atoms with Crippen LogP contribution in [0.5, 0.6) is 0 Å². The Morgan fingerprint density at radius 2 is 2.36 bits per heavy atom. The highest BCUT2D eigenvalue weighted by molar-refractivity contribution is 5.86. The largest absolute Gasteiger partial charge is 0.476 e. The highest BCUT2D eigenvalue weighted by Gasteiger charge is 2.21. The van der Waals surface area contributed by atoms with E-state index in [0.29, 0.717) is 11.6 Å². The number of carboxylic acids is 1. The Labute approximate surface area is 81.7 Å². The Kier molecular flexibility index (Phi) is 2.23. The van der Waals surface area contributed by atoms with Crippen LogP contribution >= 0.6 is 0 Å². The average Bonchev–Trinajstić information content (AvgIpc) is 2.40. The SMILES string of the molecule is Cc1c(C(=O)O)nnn1CC1CCC1. The van der Waals surface area contributed by atoms with Gasteiger partial charge in [-0.3, -0.25) is 0 Å². The molecule has 76 valence electrons. The number of aromatic carboxylic acids is 1. The fraction of sp³-hybridized carbons (Fsp3) is 0.667. The average molecular weight is 195 g/mol. The first-order valence-corrected chi connectivity index (χ1v) is 4.82. The number of aromatic nitrogens is 3. The van der Waals surface area contributed by atoms with Crippen molar-refractivity contribution in [2.24, 2.45) is 5.92 Å². The minimum atomic E-state index is -0.998. The van der Waals surface area contributed by atoms with Crippen LogP contribution in [0.4, 0.5) is 0 Å². The van der Waals surface area contributed by atoms with Crippen LogP contribution in [-0.2, 0) is 6.54 Å². The van der Waals surface area contributed by atoms with Crippen LogP contribution in [0, 0.1) is 12.8 Å². The van der Waals surface area contributed by atoms with Gasteiger partial charge in [-0.15, -0.1) is 5.10 Å². The molecule has 0 amide bonds. The second kappa shape index (κ2) is 3.40. The highest BCUT2D eigenvalue weighted by Crippen LogP contribution is 2.27. The molecule has 1 fully saturated rings. The van der Waals surface area contributed by atoms with Gasteiger partial charge < -0.3 is 5.11 Å². The van der Waals surface area contributed by atoms with Crippen molar-refractivity contribution in [2.45, 2.75) is 32.7 Å². The Bertz CT molecular complexity index is 355. The molecule has 0 bridgehead atoms. The predicted molar refractivity (Wildman–Crippen MR) is 49.1 cm³/mol. The first-order valence-electron chi connectivity index (χ1n) is 4.82. The maximum absolute atomic E-state index is 10.7. The van der Waals surface area contributed by atoms with E-state index in [1.165, 1.54) is 19.3 Å². The zero-order valence-electron chi connectivity index (χ0n) is 8.10. The molecule has 2 rings (SSSR count). The molecule has 5 nitrogen and oxygen atoms in total. The molecule has 0 aromatic carbocycles. The third kappa shape index (κ3) is 1.49. The minimum absolute atomic E-state index is 0.0734. The lowest BCUT2D eigenvalue weighted by Gasteiger charge is -2.25. The third-order valence-electron chi connectivity index (χ3n) is 2.84. The topological polar surface area (TPSA) is 68.0 Å². The standard InChI is InChI=1S/C9H13N3O2/c1-6-8(9(13)14)10-11-12(6)5-7-3-2-4-7/h7H,2-5H2,1H3,(H,13,14). The first-order chi connectivity index (χ1) is 6.68. The summed E-state index contributed by atoms with van der Waals surface area (Å²) < 4.78 is 1.70. The van der Waals surface area contributed by atoms with Gasteiger partial charge in [0.05, 0.1) is 5.69 Å². The molecule has 14 heavy (non-hydrogen) atoms. The quantitative estimate of drug-likeness (QED) is 0.783. The molecule has 0 aliphatic heterocycles. The maximum Gasteiger partial charge on any atom is 0.358 e. The Balaban J connectivity index is 2.13. The molecule has 1 aliphatic rings. The van der Waals surface area contributed by atoms with Gasteiger partial charge in [0.25, 0.3) is 0 Å². The summed E-state index contributed by atoms with van der Waals surface area (Å²) in [4.78, 5) is 10.7. The van der Waals surface area contributed by atoms with Crippen LogP contribution < -0.4 is 0 Å². The van der Waals surface area contributed by atoms with E-state index in [2.05, 4.69) is 10.3 Å². The lowest BCUT2D eigenvalue weighted by molar-refractivity contribution is 0.0689. The maximum atomic E-state index is 10.7. The van der Waals surface area contributed by atoms with Crippen molar-refractivity contribution in [1.82, 2.24) is 15.0 Å². The summed E-state index contributed by atoms with van der Waals surface area (Å²) in [5.41, 5.74) is 0.730. The van der Waals surface area contributed by atoms with Crippen molar-refractivity contribution >= 4 is 5.97 Å². The van der Waals surface area contributed by atoms with E-state index in [9.17, 15) is 4.79 Å². The fourth-order valence-electron chi connectivity index (χ4n) is 1.65. The van der Waals surface area contributed by atoms with E-state index >= 15 is 0 Å². The lowest BCUT2D eigenvalue weighted by atomic mass is 9.85. The molecule has 5 heteroatoms. The van der Waals surface area contributed by atoms with Crippen LogP contribution in [0.2, 0.25) is 0 Å². The van der Waals surface area contributed by atoms with Crippen molar-refractivity contribution in [3.05, 3.63) is 11.4 Å². The summed E-state index contributed by atoms with van der Waals surface area (Å²) in [6.07, 6.45) is 3.73. The van der Waals surface area contributed by atoms with Gasteiger partial charge in [-0.1, -0.05) is 11.6 Å². The highest BCUT2D eigenvalue weighted by atomic mass is 16.4. The molecular weight excluding hydrogens is 182 g/mol. The van der Waals surface area contributed by atoms with E-state index in [4.69, 9.17) is 5.11 Å². The molecule has 0 saturated heterocycles. The molecule has 1 heterocycles. The van der Waals surface area contributed by atoms with Gasteiger partial charge in [-0.2, -0.15) is 0 Å². The van der Waals surface area contributed by atoms with E-state index in [1.54, 1.807) is 11.6 Å². The lowest BCUT2D eigenvalue weighted by Crippen LogP contribution is -2.19. The third-order valence-corrected chi connectivity index (χ3v) is 2.84. The first kappa shape index (κ1) is 9.18. The van der Waals surface area contributed by atoms with Gasteiger partial charge >= 0.3 is 5.97 Å². The number of hydrogen-bond donors (Lipinski definition) is 1. The van der Waals surface area contributed by atoms with Crippen molar-refractivity contribution in [3.63, 3.8) is 0 Å². The number of carboxylic acid groups (broad SMARTS) is 1. The molecule has 1 N–H and O–H groups in total. The van der Waals surface area contributed by atoms with Crippen LogP contribution in [-0.4, -0.2) is 26.1 Å². The molecule has 0 unspecified atom stereocenters. The van der Waals surface area contributed by atoms with Gasteiger partial charge in [-0.05, 0) is 25.7 Å². The van der Waals surface area contributed by atoms with Crippen LogP contribution in [0.25, 0.3) is 0 Å². The predicted octanol–water partition coefficient (Wildman–Crippen LogP) is 1.08. The number of rotatable bonds is 3. The number of hydrogen-bond acceptors (Lipinski definition) is 3. The number of carbonyl (C=O) groups is 1. The summed E-state index contributed by atoms with van der Waals surface area (Å²) >= 11 is 0. The van der Waals surface area contributed by atoms with E-state index in [-0.39, 0.29) is 5.69 Å². The summed E-state index contributed by atoms with van der Waals surface area (Å²) in [7, 11) is 0. The van der Waals surface area contributed by atoms with Crippen LogP contribution in [0.15, 0.2) is 0 Å². The second-order valence-electron chi connectivity index (χ2n) is 3.81. The van der Waals surface area contributed by atoms with Crippen LogP contribution in [0.1, 0.15) is 35.4 Å². The van der Waals surface area contributed by atoms with Gasteiger partial charge in [-0.25, -0.2) is 9.48 Å². The van der Waals surface area contributed by atoms with Gasteiger partial charge in [0, 0.05) is 6.54 Å².